The van der Waals surface area contributed by atoms with Gasteiger partial charge in [0.2, 0.25) is 0 Å². The minimum absolute atomic E-state index is 0.213. The summed E-state index contributed by atoms with van der Waals surface area (Å²) in [6.07, 6.45) is 4.41. The molecule has 132 valence electrons. The molecule has 3 rings (SSSR count). The standard InChI is InChI=1S/C17H25FN4O2/c1-20-8-6-14(7-9-20)21-10-4-13(5-11-21)19-17-3-2-15(22(23)24)12-16(17)18/h2-3,12-14,19H,4-11H2,1H3. The lowest BCUT2D eigenvalue weighted by Crippen LogP contribution is -2.48. The number of hydrogen-bond acceptors (Lipinski definition) is 5. The lowest BCUT2D eigenvalue weighted by Gasteiger charge is -2.41. The first-order chi connectivity index (χ1) is 11.5. The highest BCUT2D eigenvalue weighted by molar-refractivity contribution is 5.50. The van der Waals surface area contributed by atoms with Gasteiger partial charge in [-0.05, 0) is 51.9 Å². The highest BCUT2D eigenvalue weighted by Gasteiger charge is 2.27. The lowest BCUT2D eigenvalue weighted by molar-refractivity contribution is -0.385. The minimum atomic E-state index is -0.576. The van der Waals surface area contributed by atoms with Crippen LogP contribution in [0.3, 0.4) is 0 Å². The predicted molar refractivity (Wildman–Crippen MR) is 91.8 cm³/mol. The van der Waals surface area contributed by atoms with E-state index in [9.17, 15) is 14.5 Å². The zero-order valence-corrected chi connectivity index (χ0v) is 14.1. The Hall–Kier alpha value is -1.73. The maximum atomic E-state index is 14.0. The third-order valence-electron chi connectivity index (χ3n) is 5.26. The van der Waals surface area contributed by atoms with E-state index in [1.54, 1.807) is 0 Å². The molecule has 2 aliphatic heterocycles. The van der Waals surface area contributed by atoms with E-state index in [0.29, 0.717) is 11.7 Å². The number of anilines is 1. The van der Waals surface area contributed by atoms with Crippen LogP contribution in [0.1, 0.15) is 25.7 Å². The maximum Gasteiger partial charge on any atom is 0.272 e. The summed E-state index contributed by atoms with van der Waals surface area (Å²) in [7, 11) is 2.17. The topological polar surface area (TPSA) is 61.6 Å². The van der Waals surface area contributed by atoms with Gasteiger partial charge in [0, 0.05) is 31.2 Å². The normalized spacial score (nSPS) is 21.8. The van der Waals surface area contributed by atoms with E-state index >= 15 is 0 Å². The summed E-state index contributed by atoms with van der Waals surface area (Å²) < 4.78 is 14.0. The van der Waals surface area contributed by atoms with Gasteiger partial charge < -0.3 is 15.1 Å². The quantitative estimate of drug-likeness (QED) is 0.677. The van der Waals surface area contributed by atoms with Crippen LogP contribution >= 0.6 is 0 Å². The van der Waals surface area contributed by atoms with E-state index in [1.807, 2.05) is 0 Å². The van der Waals surface area contributed by atoms with Crippen molar-refractivity contribution in [1.29, 1.82) is 0 Å². The number of nitro groups is 1. The van der Waals surface area contributed by atoms with Gasteiger partial charge in [-0.2, -0.15) is 0 Å². The summed E-state index contributed by atoms with van der Waals surface area (Å²) in [5.41, 5.74) is 0.147. The zero-order valence-electron chi connectivity index (χ0n) is 14.1. The second kappa shape index (κ2) is 7.44. The van der Waals surface area contributed by atoms with E-state index in [0.717, 1.165) is 45.1 Å². The molecular formula is C17H25FN4O2. The van der Waals surface area contributed by atoms with Crippen LogP contribution in [-0.2, 0) is 0 Å². The smallest absolute Gasteiger partial charge is 0.272 e. The molecule has 0 aromatic heterocycles. The first-order valence-electron chi connectivity index (χ1n) is 8.66. The number of nitrogens with one attached hydrogen (secondary N) is 1. The highest BCUT2D eigenvalue weighted by Crippen LogP contribution is 2.25. The van der Waals surface area contributed by atoms with Gasteiger partial charge in [0.1, 0.15) is 0 Å². The van der Waals surface area contributed by atoms with Crippen molar-refractivity contribution in [2.45, 2.75) is 37.8 Å². The zero-order chi connectivity index (χ0) is 17.1. The van der Waals surface area contributed by atoms with Crippen LogP contribution < -0.4 is 5.32 Å². The molecule has 0 radical (unpaired) electrons. The number of likely N-dealkylation sites (tertiary alicyclic amines) is 2. The summed E-state index contributed by atoms with van der Waals surface area (Å²) in [6.45, 7) is 4.38. The van der Waals surface area contributed by atoms with Crippen LogP contribution in [0.25, 0.3) is 0 Å². The third-order valence-corrected chi connectivity index (χ3v) is 5.26. The van der Waals surface area contributed by atoms with Crippen molar-refractivity contribution in [3.8, 4) is 0 Å². The van der Waals surface area contributed by atoms with Crippen LogP contribution in [0.15, 0.2) is 18.2 Å². The number of nitrogens with zero attached hydrogens (tertiary/aromatic N) is 3. The Morgan fingerprint density at radius 3 is 2.42 bits per heavy atom. The van der Waals surface area contributed by atoms with Crippen molar-refractivity contribution in [3.63, 3.8) is 0 Å². The Bertz CT molecular complexity index is 582. The number of hydrogen-bond donors (Lipinski definition) is 1. The molecule has 0 spiro atoms. The van der Waals surface area contributed by atoms with Crippen LogP contribution in [0.4, 0.5) is 15.8 Å². The second-order valence-corrected chi connectivity index (χ2v) is 6.91. The molecule has 0 atom stereocenters. The van der Waals surface area contributed by atoms with E-state index in [1.165, 1.54) is 25.0 Å². The van der Waals surface area contributed by atoms with Crippen molar-refractivity contribution in [1.82, 2.24) is 9.80 Å². The average molecular weight is 336 g/mol. The van der Waals surface area contributed by atoms with E-state index < -0.39 is 10.7 Å². The fraction of sp³-hybridized carbons (Fsp3) is 0.647. The Balaban J connectivity index is 1.51. The largest absolute Gasteiger partial charge is 0.380 e. The predicted octanol–water partition coefficient (Wildman–Crippen LogP) is 2.70. The Kier molecular flexibility index (Phi) is 5.30. The molecule has 1 aromatic rings. The van der Waals surface area contributed by atoms with Gasteiger partial charge >= 0.3 is 0 Å². The van der Waals surface area contributed by atoms with Crippen LogP contribution in [-0.4, -0.2) is 60.0 Å². The fourth-order valence-electron chi connectivity index (χ4n) is 3.72. The minimum Gasteiger partial charge on any atom is -0.380 e. The molecule has 0 amide bonds. The Morgan fingerprint density at radius 1 is 1.17 bits per heavy atom. The van der Waals surface area contributed by atoms with Crippen molar-refractivity contribution >= 4 is 11.4 Å². The number of halogens is 1. The molecular weight excluding hydrogens is 311 g/mol. The maximum absolute atomic E-state index is 14.0. The molecule has 0 bridgehead atoms. The van der Waals surface area contributed by atoms with Gasteiger partial charge in [-0.3, -0.25) is 10.1 Å². The van der Waals surface area contributed by atoms with E-state index in [-0.39, 0.29) is 11.7 Å². The molecule has 2 saturated heterocycles. The fourth-order valence-corrected chi connectivity index (χ4v) is 3.72. The van der Waals surface area contributed by atoms with Crippen molar-refractivity contribution < 1.29 is 9.31 Å². The number of nitro benzene ring substituents is 1. The van der Waals surface area contributed by atoms with Gasteiger partial charge in [0.05, 0.1) is 16.7 Å². The SMILES string of the molecule is CN1CCC(N2CCC(Nc3ccc([N+](=O)[O-])cc3F)CC2)CC1. The first kappa shape index (κ1) is 17.1. The third kappa shape index (κ3) is 4.02. The molecule has 6 nitrogen and oxygen atoms in total. The molecule has 1 N–H and O–H groups in total. The molecule has 0 aliphatic carbocycles. The van der Waals surface area contributed by atoms with Crippen molar-refractivity contribution in [2.24, 2.45) is 0 Å². The average Bonchev–Trinajstić information content (AvgIpc) is 2.58. The number of benzene rings is 1. The number of non-ortho nitro benzene ring substituents is 1. The van der Waals surface area contributed by atoms with E-state index in [4.69, 9.17) is 0 Å². The lowest BCUT2D eigenvalue weighted by atomic mass is 9.98. The number of piperidine rings is 2. The van der Waals surface area contributed by atoms with Gasteiger partial charge in [0.15, 0.2) is 5.82 Å². The van der Waals surface area contributed by atoms with Gasteiger partial charge in [0.25, 0.3) is 5.69 Å². The number of rotatable bonds is 4. The van der Waals surface area contributed by atoms with E-state index in [2.05, 4.69) is 22.2 Å². The summed E-state index contributed by atoms with van der Waals surface area (Å²) in [6, 6.07) is 4.70. The van der Waals surface area contributed by atoms with Crippen molar-refractivity contribution in [2.75, 3.05) is 38.5 Å². The summed E-state index contributed by atoms with van der Waals surface area (Å²) in [4.78, 5) is 15.0. The second-order valence-electron chi connectivity index (χ2n) is 6.91. The molecule has 0 saturated carbocycles. The van der Waals surface area contributed by atoms with Gasteiger partial charge in [-0.1, -0.05) is 0 Å². The summed E-state index contributed by atoms with van der Waals surface area (Å²) in [5, 5.41) is 13.9. The van der Waals surface area contributed by atoms with Gasteiger partial charge in [-0.15, -0.1) is 0 Å². The Labute approximate surface area is 141 Å². The summed E-state index contributed by atoms with van der Waals surface area (Å²) in [5.74, 6) is -0.554. The van der Waals surface area contributed by atoms with Crippen LogP contribution in [0.5, 0.6) is 0 Å². The highest BCUT2D eigenvalue weighted by atomic mass is 19.1. The molecule has 7 heteroatoms. The molecule has 2 heterocycles. The van der Waals surface area contributed by atoms with Crippen LogP contribution in [0, 0.1) is 15.9 Å². The molecule has 0 unspecified atom stereocenters. The summed E-state index contributed by atoms with van der Waals surface area (Å²) >= 11 is 0. The van der Waals surface area contributed by atoms with Crippen LogP contribution in [0.2, 0.25) is 0 Å². The molecule has 2 fully saturated rings. The van der Waals surface area contributed by atoms with Gasteiger partial charge in [-0.25, -0.2) is 4.39 Å². The first-order valence-corrected chi connectivity index (χ1v) is 8.66. The van der Waals surface area contributed by atoms with Crippen molar-refractivity contribution in [3.05, 3.63) is 34.1 Å². The molecule has 2 aliphatic rings. The monoisotopic (exact) mass is 336 g/mol. The Morgan fingerprint density at radius 2 is 1.83 bits per heavy atom. The molecule has 24 heavy (non-hydrogen) atoms. The molecule has 1 aromatic carbocycles.